The molecule has 0 heterocycles. The Bertz CT molecular complexity index is 825. The first-order chi connectivity index (χ1) is 15.1. The predicted molar refractivity (Wildman–Crippen MR) is 126 cm³/mol. The van der Waals surface area contributed by atoms with E-state index in [0.29, 0.717) is 5.92 Å². The highest BCUT2D eigenvalue weighted by Gasteiger charge is 2.35. The topological polar surface area (TPSA) is 0 Å². The molecule has 2 aliphatic carbocycles. The zero-order valence-corrected chi connectivity index (χ0v) is 19.1. The van der Waals surface area contributed by atoms with E-state index < -0.39 is 11.6 Å². The molecule has 4 unspecified atom stereocenters. The summed E-state index contributed by atoms with van der Waals surface area (Å²) in [5.74, 6) is 1.92. The van der Waals surface area contributed by atoms with E-state index >= 15 is 0 Å². The molecule has 2 fully saturated rings. The van der Waals surface area contributed by atoms with Crippen molar-refractivity contribution in [2.45, 2.75) is 89.9 Å². The second-order valence-electron chi connectivity index (χ2n) is 10.2. The lowest BCUT2D eigenvalue weighted by Crippen LogP contribution is -2.30. The molecule has 0 N–H and O–H groups in total. The number of rotatable bonds is 8. The number of hydrogen-bond acceptors (Lipinski definition) is 0. The normalized spacial score (nSPS) is 25.9. The number of halogens is 2. The minimum atomic E-state index is -0.789. The van der Waals surface area contributed by atoms with Crippen LogP contribution in [0.4, 0.5) is 8.78 Å². The summed E-state index contributed by atoms with van der Waals surface area (Å²) in [5, 5.41) is 0. The molecule has 31 heavy (non-hydrogen) atoms. The van der Waals surface area contributed by atoms with Crippen LogP contribution >= 0.6 is 0 Å². The maximum Gasteiger partial charge on any atom is 0.159 e. The third-order valence-corrected chi connectivity index (χ3v) is 8.07. The van der Waals surface area contributed by atoms with E-state index in [2.05, 4.69) is 31.2 Å². The Kier molecular flexibility index (Phi) is 7.80. The van der Waals surface area contributed by atoms with E-state index in [9.17, 15) is 8.78 Å². The van der Waals surface area contributed by atoms with Crippen LogP contribution in [0.3, 0.4) is 0 Å². The van der Waals surface area contributed by atoms with E-state index in [1.165, 1.54) is 94.7 Å². The van der Waals surface area contributed by atoms with E-state index in [-0.39, 0.29) is 0 Å². The molecular weight excluding hydrogens is 386 g/mol. The van der Waals surface area contributed by atoms with Crippen molar-refractivity contribution in [2.24, 2.45) is 17.8 Å². The first-order valence-corrected chi connectivity index (χ1v) is 12.7. The van der Waals surface area contributed by atoms with Crippen LogP contribution in [-0.2, 0) is 0 Å². The first kappa shape index (κ1) is 22.5. The lowest BCUT2D eigenvalue weighted by molar-refractivity contribution is 0.113. The molecule has 0 aliphatic heterocycles. The van der Waals surface area contributed by atoms with Gasteiger partial charge in [-0.2, -0.15) is 0 Å². The van der Waals surface area contributed by atoms with Crippen LogP contribution in [0.1, 0.15) is 95.5 Å². The Hall–Kier alpha value is -1.70. The fourth-order valence-electron chi connectivity index (χ4n) is 6.21. The minimum absolute atomic E-state index is 0.658. The van der Waals surface area contributed by atoms with Gasteiger partial charge in [0.2, 0.25) is 0 Å². The molecule has 168 valence electrons. The Morgan fingerprint density at radius 3 is 2.19 bits per heavy atom. The maximum atomic E-state index is 13.6. The van der Waals surface area contributed by atoms with Crippen LogP contribution < -0.4 is 0 Å². The highest BCUT2D eigenvalue weighted by Crippen LogP contribution is 2.48. The average molecular weight is 425 g/mol. The summed E-state index contributed by atoms with van der Waals surface area (Å²) in [7, 11) is 0. The molecule has 2 aromatic carbocycles. The van der Waals surface area contributed by atoms with E-state index in [0.717, 1.165) is 28.9 Å². The van der Waals surface area contributed by atoms with Crippen molar-refractivity contribution in [2.75, 3.05) is 0 Å². The molecule has 0 aromatic heterocycles. The SMILES string of the molecule is CCCCCCCC1CCC2CC(c3ccc(-c4ccc(F)c(F)c4)cc3)CCC2C1. The zero-order valence-electron chi connectivity index (χ0n) is 19.1. The van der Waals surface area contributed by atoms with Crippen LogP contribution in [0.2, 0.25) is 0 Å². The summed E-state index contributed by atoms with van der Waals surface area (Å²) in [4.78, 5) is 0. The smallest absolute Gasteiger partial charge is 0.159 e. The molecule has 2 aliphatic rings. The molecule has 0 spiro atoms. The Morgan fingerprint density at radius 2 is 1.42 bits per heavy atom. The number of hydrogen-bond donors (Lipinski definition) is 0. The molecule has 4 rings (SSSR count). The van der Waals surface area contributed by atoms with Gasteiger partial charge in [0.05, 0.1) is 0 Å². The van der Waals surface area contributed by atoms with E-state index in [4.69, 9.17) is 0 Å². The van der Waals surface area contributed by atoms with Gasteiger partial charge in [-0.1, -0.05) is 82.2 Å². The van der Waals surface area contributed by atoms with Crippen molar-refractivity contribution in [1.82, 2.24) is 0 Å². The van der Waals surface area contributed by atoms with Gasteiger partial charge in [-0.3, -0.25) is 0 Å². The highest BCUT2D eigenvalue weighted by molar-refractivity contribution is 5.63. The molecule has 4 atom stereocenters. The summed E-state index contributed by atoms with van der Waals surface area (Å²) >= 11 is 0. The van der Waals surface area contributed by atoms with Crippen molar-refractivity contribution in [3.8, 4) is 11.1 Å². The molecule has 0 nitrogen and oxygen atoms in total. The van der Waals surface area contributed by atoms with Crippen LogP contribution in [-0.4, -0.2) is 0 Å². The lowest BCUT2D eigenvalue weighted by Gasteiger charge is -2.42. The van der Waals surface area contributed by atoms with Crippen LogP contribution in [0.15, 0.2) is 42.5 Å². The highest BCUT2D eigenvalue weighted by atomic mass is 19.2. The summed E-state index contributed by atoms with van der Waals surface area (Å²) in [6, 6.07) is 12.7. The van der Waals surface area contributed by atoms with Gasteiger partial charge in [0, 0.05) is 0 Å². The van der Waals surface area contributed by atoms with Crippen molar-refractivity contribution >= 4 is 0 Å². The number of unbranched alkanes of at least 4 members (excludes halogenated alkanes) is 4. The summed E-state index contributed by atoms with van der Waals surface area (Å²) in [6.45, 7) is 2.29. The maximum absolute atomic E-state index is 13.6. The predicted octanol–water partition coefficient (Wildman–Crippen LogP) is 9.29. The molecular formula is C29H38F2. The number of benzene rings is 2. The van der Waals surface area contributed by atoms with Gasteiger partial charge in [0.1, 0.15) is 0 Å². The van der Waals surface area contributed by atoms with Crippen molar-refractivity contribution < 1.29 is 8.78 Å². The van der Waals surface area contributed by atoms with Crippen LogP contribution in [0.5, 0.6) is 0 Å². The third kappa shape index (κ3) is 5.76. The molecule has 0 radical (unpaired) electrons. The third-order valence-electron chi connectivity index (χ3n) is 8.07. The van der Waals surface area contributed by atoms with Gasteiger partial charge in [-0.25, -0.2) is 8.78 Å². The Labute approximate surface area is 187 Å². The van der Waals surface area contributed by atoms with Gasteiger partial charge in [-0.05, 0) is 84.6 Å². The molecule has 0 amide bonds. The van der Waals surface area contributed by atoms with Crippen molar-refractivity contribution in [3.63, 3.8) is 0 Å². The summed E-state index contributed by atoms with van der Waals surface area (Å²) in [6.07, 6.45) is 16.8. The van der Waals surface area contributed by atoms with E-state index in [1.807, 2.05) is 0 Å². The van der Waals surface area contributed by atoms with Crippen molar-refractivity contribution in [3.05, 3.63) is 59.7 Å². The molecule has 0 bridgehead atoms. The average Bonchev–Trinajstić information content (AvgIpc) is 2.80. The fourth-order valence-corrected chi connectivity index (χ4v) is 6.21. The Morgan fingerprint density at radius 1 is 0.710 bits per heavy atom. The molecule has 0 saturated heterocycles. The first-order valence-electron chi connectivity index (χ1n) is 12.7. The molecule has 2 aromatic rings. The molecule has 2 heteroatoms. The lowest BCUT2D eigenvalue weighted by atomic mass is 9.63. The van der Waals surface area contributed by atoms with Gasteiger partial charge < -0.3 is 0 Å². The van der Waals surface area contributed by atoms with Crippen LogP contribution in [0, 0.1) is 29.4 Å². The van der Waals surface area contributed by atoms with Crippen molar-refractivity contribution in [1.29, 1.82) is 0 Å². The fraction of sp³-hybridized carbons (Fsp3) is 0.586. The second kappa shape index (κ2) is 10.7. The van der Waals surface area contributed by atoms with Gasteiger partial charge in [0.15, 0.2) is 11.6 Å². The Balaban J connectivity index is 1.29. The monoisotopic (exact) mass is 424 g/mol. The minimum Gasteiger partial charge on any atom is -0.204 e. The van der Waals surface area contributed by atoms with Crippen LogP contribution in [0.25, 0.3) is 11.1 Å². The summed E-state index contributed by atoms with van der Waals surface area (Å²) < 4.78 is 26.8. The largest absolute Gasteiger partial charge is 0.204 e. The summed E-state index contributed by atoms with van der Waals surface area (Å²) in [5.41, 5.74) is 3.11. The quantitative estimate of drug-likeness (QED) is 0.370. The number of fused-ring (bicyclic) bond motifs is 1. The van der Waals surface area contributed by atoms with Gasteiger partial charge in [0.25, 0.3) is 0 Å². The second-order valence-corrected chi connectivity index (χ2v) is 10.2. The van der Waals surface area contributed by atoms with E-state index in [1.54, 1.807) is 6.07 Å². The van der Waals surface area contributed by atoms with Gasteiger partial charge >= 0.3 is 0 Å². The standard InChI is InChI=1S/C29H38F2/c1-2-3-4-5-6-7-21-8-9-26-19-25(15-14-24(26)18-21)22-10-12-23(13-11-22)27-16-17-28(30)29(31)20-27/h10-13,16-17,20-21,24-26H,2-9,14-15,18-19H2,1H3. The zero-order chi connectivity index (χ0) is 21.6. The van der Waals surface area contributed by atoms with Gasteiger partial charge in [-0.15, -0.1) is 0 Å². The molecule has 2 saturated carbocycles.